The fourth-order valence-electron chi connectivity index (χ4n) is 1.52. The summed E-state index contributed by atoms with van der Waals surface area (Å²) < 4.78 is 13.7. The van der Waals surface area contributed by atoms with Gasteiger partial charge >= 0.3 is 5.96 Å². The Bertz CT molecular complexity index is 372. The van der Waals surface area contributed by atoms with Crippen molar-refractivity contribution in [2.75, 3.05) is 28.2 Å². The average Bonchev–Trinajstić information content (AvgIpc) is 2.16. The highest BCUT2D eigenvalue weighted by atomic mass is 19.1. The molecule has 0 aliphatic heterocycles. The number of nitrogens with zero attached hydrogens (tertiary/aromatic N) is 2. The van der Waals surface area contributed by atoms with Gasteiger partial charge in [0.25, 0.3) is 0 Å². The number of hydrogen-bond acceptors (Lipinski definition) is 1. The van der Waals surface area contributed by atoms with Crippen LogP contribution in [0.4, 0.5) is 10.1 Å². The van der Waals surface area contributed by atoms with Gasteiger partial charge in [-0.2, -0.15) is 0 Å². The van der Waals surface area contributed by atoms with E-state index < -0.39 is 0 Å². The van der Waals surface area contributed by atoms with Crippen LogP contribution >= 0.6 is 0 Å². The van der Waals surface area contributed by atoms with Crippen LogP contribution in [-0.4, -0.2) is 39.1 Å². The van der Waals surface area contributed by atoms with Crippen molar-refractivity contribution in [3.63, 3.8) is 0 Å². The minimum Gasteiger partial charge on any atom is -0.317 e. The topological polar surface area (TPSA) is 27.1 Å². The van der Waals surface area contributed by atoms with E-state index in [-0.39, 0.29) is 10.3 Å². The Labute approximate surface area is 89.8 Å². The summed E-state index contributed by atoms with van der Waals surface area (Å²) >= 11 is 0. The highest BCUT2D eigenvalue weighted by Gasteiger charge is 2.30. The van der Waals surface area contributed by atoms with E-state index >= 15 is 0 Å². The molecule has 0 aliphatic rings. The maximum Gasteiger partial charge on any atom is 0.301 e. The second kappa shape index (κ2) is 3.98. The Morgan fingerprint density at radius 1 is 1.27 bits per heavy atom. The fraction of sp³-hybridized carbons (Fsp3) is 0.364. The van der Waals surface area contributed by atoms with Crippen molar-refractivity contribution in [2.45, 2.75) is 0 Å². The zero-order valence-electron chi connectivity index (χ0n) is 9.58. The van der Waals surface area contributed by atoms with Crippen molar-refractivity contribution in [1.29, 1.82) is 5.41 Å². The molecular formula is C11H17FN3+. The molecule has 0 unspecified atom stereocenters. The number of quaternary nitrogens is 1. The molecule has 1 aromatic carbocycles. The number of para-hydroxylation sites is 1. The Morgan fingerprint density at radius 2 is 1.80 bits per heavy atom. The molecular weight excluding hydrogens is 193 g/mol. The van der Waals surface area contributed by atoms with E-state index in [0.29, 0.717) is 11.6 Å². The first-order chi connectivity index (χ1) is 6.87. The summed E-state index contributed by atoms with van der Waals surface area (Å²) in [7, 11) is 7.15. The number of rotatable bonds is 1. The monoisotopic (exact) mass is 210 g/mol. The lowest BCUT2D eigenvalue weighted by Crippen LogP contribution is -2.53. The SMILES string of the molecule is CN(C)C(=N)[N+](C)(C)c1ccccc1F. The van der Waals surface area contributed by atoms with Gasteiger partial charge in [-0.15, -0.1) is 0 Å². The average molecular weight is 210 g/mol. The Morgan fingerprint density at radius 3 is 2.27 bits per heavy atom. The summed E-state index contributed by atoms with van der Waals surface area (Å²) in [4.78, 5) is 1.67. The highest BCUT2D eigenvalue weighted by molar-refractivity contribution is 5.87. The van der Waals surface area contributed by atoms with Gasteiger partial charge in [0.15, 0.2) is 11.5 Å². The predicted octanol–water partition coefficient (Wildman–Crippen LogP) is 1.89. The van der Waals surface area contributed by atoms with Crippen LogP contribution in [0.2, 0.25) is 0 Å². The van der Waals surface area contributed by atoms with Crippen molar-refractivity contribution in [3.8, 4) is 0 Å². The molecule has 0 fully saturated rings. The molecule has 0 aliphatic carbocycles. The maximum absolute atomic E-state index is 13.6. The van der Waals surface area contributed by atoms with Crippen molar-refractivity contribution in [3.05, 3.63) is 30.1 Å². The Balaban J connectivity index is 3.17. The van der Waals surface area contributed by atoms with E-state index in [1.54, 1.807) is 51.3 Å². The molecule has 1 N–H and O–H groups in total. The van der Waals surface area contributed by atoms with E-state index in [1.165, 1.54) is 6.07 Å². The number of guanidine groups is 1. The highest BCUT2D eigenvalue weighted by Crippen LogP contribution is 2.23. The molecule has 0 atom stereocenters. The second-order valence-electron chi connectivity index (χ2n) is 4.12. The lowest BCUT2D eigenvalue weighted by Gasteiger charge is -2.31. The minimum atomic E-state index is -0.283. The molecule has 0 aromatic heterocycles. The van der Waals surface area contributed by atoms with Crippen LogP contribution in [0.1, 0.15) is 0 Å². The third kappa shape index (κ3) is 2.15. The predicted molar refractivity (Wildman–Crippen MR) is 61.5 cm³/mol. The van der Waals surface area contributed by atoms with Crippen molar-refractivity contribution in [1.82, 2.24) is 9.38 Å². The number of nitrogens with one attached hydrogen (secondary N) is 1. The third-order valence-electron chi connectivity index (χ3n) is 2.41. The van der Waals surface area contributed by atoms with Crippen LogP contribution in [0.3, 0.4) is 0 Å². The van der Waals surface area contributed by atoms with Crippen LogP contribution in [0.5, 0.6) is 0 Å². The summed E-state index contributed by atoms with van der Waals surface area (Å²) in [6, 6.07) is 6.55. The Kier molecular flexibility index (Phi) is 3.09. The molecule has 0 saturated carbocycles. The van der Waals surface area contributed by atoms with Crippen LogP contribution in [0, 0.1) is 11.2 Å². The molecule has 82 valence electrons. The first-order valence-electron chi connectivity index (χ1n) is 4.73. The van der Waals surface area contributed by atoms with E-state index in [0.717, 1.165) is 0 Å². The number of halogens is 1. The molecule has 0 spiro atoms. The molecule has 0 bridgehead atoms. The van der Waals surface area contributed by atoms with E-state index in [4.69, 9.17) is 5.41 Å². The van der Waals surface area contributed by atoms with Gasteiger partial charge in [0.2, 0.25) is 0 Å². The zero-order valence-corrected chi connectivity index (χ0v) is 9.58. The van der Waals surface area contributed by atoms with Gasteiger partial charge in [-0.05, 0) is 6.07 Å². The molecule has 3 nitrogen and oxygen atoms in total. The zero-order chi connectivity index (χ0) is 11.6. The first kappa shape index (κ1) is 11.7. The van der Waals surface area contributed by atoms with Crippen LogP contribution in [0.25, 0.3) is 0 Å². The van der Waals surface area contributed by atoms with Gasteiger partial charge < -0.3 is 4.90 Å². The molecule has 1 aromatic rings. The Hall–Kier alpha value is -1.42. The fourth-order valence-corrected chi connectivity index (χ4v) is 1.52. The molecule has 0 amide bonds. The third-order valence-corrected chi connectivity index (χ3v) is 2.41. The smallest absolute Gasteiger partial charge is 0.301 e. The van der Waals surface area contributed by atoms with Crippen LogP contribution < -0.4 is 4.48 Å². The van der Waals surface area contributed by atoms with Crippen LogP contribution in [-0.2, 0) is 0 Å². The molecule has 0 radical (unpaired) electrons. The summed E-state index contributed by atoms with van der Waals surface area (Å²) in [6.45, 7) is 0. The van der Waals surface area contributed by atoms with Gasteiger partial charge in [-0.25, -0.2) is 14.3 Å². The van der Waals surface area contributed by atoms with Crippen molar-refractivity contribution in [2.24, 2.45) is 0 Å². The number of hydrogen-bond donors (Lipinski definition) is 1. The standard InChI is InChI=1S/C11H17FN3/c1-14(2)11(13)15(3,4)10-8-6-5-7-9(10)12/h5-8,13H,1-4H3/q+1. The van der Waals surface area contributed by atoms with Crippen molar-refractivity contribution < 1.29 is 4.39 Å². The molecule has 4 heteroatoms. The quantitative estimate of drug-likeness (QED) is 0.428. The normalized spacial score (nSPS) is 11.3. The minimum absolute atomic E-state index is 0.0969. The second-order valence-corrected chi connectivity index (χ2v) is 4.12. The molecule has 0 heterocycles. The van der Waals surface area contributed by atoms with E-state index in [9.17, 15) is 4.39 Å². The maximum atomic E-state index is 13.6. The van der Waals surface area contributed by atoms with Gasteiger partial charge in [0.1, 0.15) is 0 Å². The van der Waals surface area contributed by atoms with E-state index in [2.05, 4.69) is 0 Å². The summed E-state index contributed by atoms with van der Waals surface area (Å²) in [6.07, 6.45) is 0. The molecule has 1 rings (SSSR count). The lowest BCUT2D eigenvalue weighted by atomic mass is 10.2. The van der Waals surface area contributed by atoms with Gasteiger partial charge in [-0.1, -0.05) is 12.1 Å². The first-order valence-corrected chi connectivity index (χ1v) is 4.73. The summed E-state index contributed by atoms with van der Waals surface area (Å²) in [5, 5.41) is 7.91. The summed E-state index contributed by atoms with van der Waals surface area (Å²) in [5.41, 5.74) is 0.496. The van der Waals surface area contributed by atoms with Gasteiger partial charge in [0.05, 0.1) is 14.1 Å². The van der Waals surface area contributed by atoms with Gasteiger partial charge in [-0.3, -0.25) is 0 Å². The largest absolute Gasteiger partial charge is 0.317 e. The van der Waals surface area contributed by atoms with Gasteiger partial charge in [0, 0.05) is 20.2 Å². The molecule has 0 saturated heterocycles. The van der Waals surface area contributed by atoms with Crippen LogP contribution in [0.15, 0.2) is 24.3 Å². The lowest BCUT2D eigenvalue weighted by molar-refractivity contribution is 0.452. The summed E-state index contributed by atoms with van der Waals surface area (Å²) in [5.74, 6) is 0.0502. The van der Waals surface area contributed by atoms with E-state index in [1.807, 2.05) is 0 Å². The van der Waals surface area contributed by atoms with Crippen molar-refractivity contribution >= 4 is 11.6 Å². The molecule has 15 heavy (non-hydrogen) atoms. The number of benzene rings is 1.